The normalized spacial score (nSPS) is 13.8. The molecule has 148 valence electrons. The number of sulfonamides is 1. The Balaban J connectivity index is 1.75. The minimum atomic E-state index is -3.65. The Kier molecular flexibility index (Phi) is 5.81. The van der Waals surface area contributed by atoms with Gasteiger partial charge in [-0.05, 0) is 61.6 Å². The van der Waals surface area contributed by atoms with E-state index in [0.717, 1.165) is 18.4 Å². The fourth-order valence-electron chi connectivity index (χ4n) is 2.66. The van der Waals surface area contributed by atoms with E-state index < -0.39 is 15.9 Å². The predicted molar refractivity (Wildman–Crippen MR) is 108 cm³/mol. The van der Waals surface area contributed by atoms with Crippen molar-refractivity contribution >= 4 is 33.2 Å². The second-order valence-electron chi connectivity index (χ2n) is 6.99. The van der Waals surface area contributed by atoms with Gasteiger partial charge >= 0.3 is 0 Å². The first-order valence-corrected chi connectivity index (χ1v) is 10.5. The number of amides is 2. The van der Waals surface area contributed by atoms with Gasteiger partial charge in [0.2, 0.25) is 15.9 Å². The fourth-order valence-corrected chi connectivity index (χ4v) is 3.83. The van der Waals surface area contributed by atoms with Crippen LogP contribution in [-0.2, 0) is 14.8 Å². The third kappa shape index (κ3) is 5.17. The number of carbonyl (C=O) groups is 2. The second kappa shape index (κ2) is 8.12. The molecule has 2 amide bonds. The van der Waals surface area contributed by atoms with Crippen LogP contribution < -0.4 is 15.4 Å². The van der Waals surface area contributed by atoms with Crippen molar-refractivity contribution in [3.05, 3.63) is 53.6 Å². The molecule has 0 atom stereocenters. The van der Waals surface area contributed by atoms with Gasteiger partial charge in [0.1, 0.15) is 0 Å². The van der Waals surface area contributed by atoms with Crippen molar-refractivity contribution in [2.24, 2.45) is 5.92 Å². The van der Waals surface area contributed by atoms with Crippen LogP contribution in [0.5, 0.6) is 0 Å². The van der Waals surface area contributed by atoms with E-state index in [4.69, 9.17) is 0 Å². The summed E-state index contributed by atoms with van der Waals surface area (Å²) in [4.78, 5) is 23.9. The molecular weight excluding hydrogens is 378 g/mol. The summed E-state index contributed by atoms with van der Waals surface area (Å²) in [5.74, 6) is -0.222. The average Bonchev–Trinajstić information content (AvgIpc) is 3.47. The van der Waals surface area contributed by atoms with Gasteiger partial charge in [-0.3, -0.25) is 9.59 Å². The first-order valence-electron chi connectivity index (χ1n) is 9.04. The molecule has 1 aliphatic rings. The van der Waals surface area contributed by atoms with E-state index in [0.29, 0.717) is 23.8 Å². The van der Waals surface area contributed by atoms with Crippen molar-refractivity contribution in [3.8, 4) is 0 Å². The van der Waals surface area contributed by atoms with Crippen molar-refractivity contribution in [3.63, 3.8) is 0 Å². The molecule has 0 saturated heterocycles. The van der Waals surface area contributed by atoms with E-state index in [1.165, 1.54) is 19.1 Å². The van der Waals surface area contributed by atoms with Crippen LogP contribution in [0, 0.1) is 12.8 Å². The Labute approximate surface area is 164 Å². The second-order valence-corrected chi connectivity index (χ2v) is 8.76. The molecule has 1 aliphatic carbocycles. The van der Waals surface area contributed by atoms with Crippen LogP contribution >= 0.6 is 0 Å². The van der Waals surface area contributed by atoms with Crippen molar-refractivity contribution in [1.29, 1.82) is 0 Å². The maximum Gasteiger partial charge on any atom is 0.255 e. The predicted octanol–water partition coefficient (Wildman–Crippen LogP) is 2.89. The summed E-state index contributed by atoms with van der Waals surface area (Å²) >= 11 is 0. The summed E-state index contributed by atoms with van der Waals surface area (Å²) < 4.78 is 27.4. The molecule has 0 bridgehead atoms. The number of hydrogen-bond donors (Lipinski definition) is 3. The molecule has 0 spiro atoms. The molecule has 0 aliphatic heterocycles. The van der Waals surface area contributed by atoms with Gasteiger partial charge in [0.05, 0.1) is 4.90 Å². The van der Waals surface area contributed by atoms with Crippen molar-refractivity contribution in [2.45, 2.75) is 31.6 Å². The Hall–Kier alpha value is -2.71. The summed E-state index contributed by atoms with van der Waals surface area (Å²) in [6.07, 6.45) is 2.09. The lowest BCUT2D eigenvalue weighted by Crippen LogP contribution is -2.26. The van der Waals surface area contributed by atoms with E-state index in [-0.39, 0.29) is 16.4 Å². The van der Waals surface area contributed by atoms with Crippen LogP contribution in [0.15, 0.2) is 47.4 Å². The SMILES string of the molecule is CC(=O)Nc1cc(NC(=O)c2cccc(S(=O)(=O)NCC3CC3)c2)ccc1C. The lowest BCUT2D eigenvalue weighted by Gasteiger charge is -2.11. The third-order valence-corrected chi connectivity index (χ3v) is 5.89. The summed E-state index contributed by atoms with van der Waals surface area (Å²) in [6, 6.07) is 11.1. The Morgan fingerprint density at radius 3 is 2.50 bits per heavy atom. The van der Waals surface area contributed by atoms with Crippen LogP contribution in [0.4, 0.5) is 11.4 Å². The molecule has 3 N–H and O–H groups in total. The summed E-state index contributed by atoms with van der Waals surface area (Å²) in [7, 11) is -3.65. The Morgan fingerprint density at radius 2 is 1.82 bits per heavy atom. The number of aryl methyl sites for hydroxylation is 1. The zero-order valence-electron chi connectivity index (χ0n) is 15.8. The standard InChI is InChI=1S/C20H23N3O4S/c1-13-6-9-17(11-19(13)22-14(2)24)23-20(25)16-4-3-5-18(10-16)28(26,27)21-12-15-7-8-15/h3-6,9-11,15,21H,7-8,12H2,1-2H3,(H,22,24)(H,23,25). The van der Waals surface area contributed by atoms with Gasteiger partial charge in [0.15, 0.2) is 0 Å². The van der Waals surface area contributed by atoms with Crippen molar-refractivity contribution in [1.82, 2.24) is 4.72 Å². The number of carbonyl (C=O) groups excluding carboxylic acids is 2. The molecule has 28 heavy (non-hydrogen) atoms. The Bertz CT molecular complexity index is 1010. The van der Waals surface area contributed by atoms with Crippen LogP contribution in [-0.4, -0.2) is 26.8 Å². The van der Waals surface area contributed by atoms with Crippen LogP contribution in [0.25, 0.3) is 0 Å². The van der Waals surface area contributed by atoms with Gasteiger partial charge in [-0.2, -0.15) is 0 Å². The number of hydrogen-bond acceptors (Lipinski definition) is 4. The van der Waals surface area contributed by atoms with Crippen LogP contribution in [0.3, 0.4) is 0 Å². The molecular formula is C20H23N3O4S. The molecule has 0 heterocycles. The van der Waals surface area contributed by atoms with E-state index >= 15 is 0 Å². The van der Waals surface area contributed by atoms with E-state index in [1.54, 1.807) is 30.3 Å². The molecule has 2 aromatic carbocycles. The number of nitrogens with one attached hydrogen (secondary N) is 3. The molecule has 0 aromatic heterocycles. The van der Waals surface area contributed by atoms with Gasteiger partial charge in [0.25, 0.3) is 5.91 Å². The number of rotatable bonds is 7. The minimum absolute atomic E-state index is 0.0589. The molecule has 7 nitrogen and oxygen atoms in total. The summed E-state index contributed by atoms with van der Waals surface area (Å²) in [5, 5.41) is 5.44. The minimum Gasteiger partial charge on any atom is -0.326 e. The molecule has 0 radical (unpaired) electrons. The van der Waals surface area contributed by atoms with Gasteiger partial charge < -0.3 is 10.6 Å². The average molecular weight is 401 g/mol. The van der Waals surface area contributed by atoms with Crippen molar-refractivity contribution in [2.75, 3.05) is 17.2 Å². The maximum absolute atomic E-state index is 12.6. The first-order chi connectivity index (χ1) is 13.2. The molecule has 1 saturated carbocycles. The molecule has 8 heteroatoms. The fraction of sp³-hybridized carbons (Fsp3) is 0.300. The monoisotopic (exact) mass is 401 g/mol. The molecule has 1 fully saturated rings. The number of anilines is 2. The van der Waals surface area contributed by atoms with Gasteiger partial charge in [-0.15, -0.1) is 0 Å². The Morgan fingerprint density at radius 1 is 1.07 bits per heavy atom. The molecule has 2 aromatic rings. The maximum atomic E-state index is 12.6. The first kappa shape index (κ1) is 20.0. The van der Waals surface area contributed by atoms with Gasteiger partial charge in [-0.1, -0.05) is 12.1 Å². The molecule has 0 unspecified atom stereocenters. The lowest BCUT2D eigenvalue weighted by atomic mass is 10.1. The van der Waals surface area contributed by atoms with E-state index in [9.17, 15) is 18.0 Å². The highest BCUT2D eigenvalue weighted by molar-refractivity contribution is 7.89. The van der Waals surface area contributed by atoms with Gasteiger partial charge in [0, 0.05) is 30.4 Å². The molecule has 3 rings (SSSR count). The lowest BCUT2D eigenvalue weighted by molar-refractivity contribution is -0.114. The zero-order chi connectivity index (χ0) is 20.3. The topological polar surface area (TPSA) is 104 Å². The van der Waals surface area contributed by atoms with Crippen LogP contribution in [0.1, 0.15) is 35.7 Å². The summed E-state index contributed by atoms with van der Waals surface area (Å²) in [6.45, 7) is 3.68. The summed E-state index contributed by atoms with van der Waals surface area (Å²) in [5.41, 5.74) is 2.20. The van der Waals surface area contributed by atoms with Crippen molar-refractivity contribution < 1.29 is 18.0 Å². The highest BCUT2D eigenvalue weighted by Gasteiger charge is 2.24. The highest BCUT2D eigenvalue weighted by atomic mass is 32.2. The third-order valence-electron chi connectivity index (χ3n) is 4.47. The van der Waals surface area contributed by atoms with E-state index in [2.05, 4.69) is 15.4 Å². The largest absolute Gasteiger partial charge is 0.326 e. The van der Waals surface area contributed by atoms with Crippen LogP contribution in [0.2, 0.25) is 0 Å². The highest BCUT2D eigenvalue weighted by Crippen LogP contribution is 2.28. The number of benzene rings is 2. The van der Waals surface area contributed by atoms with Gasteiger partial charge in [-0.25, -0.2) is 13.1 Å². The van der Waals surface area contributed by atoms with E-state index in [1.807, 2.05) is 6.92 Å². The smallest absolute Gasteiger partial charge is 0.255 e. The quantitative estimate of drug-likeness (QED) is 0.663. The zero-order valence-corrected chi connectivity index (χ0v) is 16.6.